The number of ether oxygens (including phenoxy) is 2. The van der Waals surface area contributed by atoms with E-state index in [1.54, 1.807) is 0 Å². The zero-order chi connectivity index (χ0) is 18.3. The Morgan fingerprint density at radius 1 is 1.23 bits per heavy atom. The molecule has 1 aliphatic rings. The van der Waals surface area contributed by atoms with Crippen LogP contribution in [0.25, 0.3) is 11.2 Å². The van der Waals surface area contributed by atoms with Gasteiger partial charge in [0.25, 0.3) is 0 Å². The molecule has 136 valence electrons. The number of nitrogen functional groups attached to an aromatic ring is 1. The van der Waals surface area contributed by atoms with E-state index in [-0.39, 0.29) is 12.6 Å². The summed E-state index contributed by atoms with van der Waals surface area (Å²) in [5, 5.41) is 0.636. The first kappa shape index (κ1) is 17.5. The first-order valence-electron chi connectivity index (χ1n) is 7.73. The third-order valence-corrected chi connectivity index (χ3v) is 6.08. The standard InChI is InChI=1S/C15H14FIN6O2S/c16-14-21-12(19)11-13(22-14)23(3-1-2-18)15(20-11)26-10-5-9-8(4-7(10)17)24-6-25-9/h4-5H,1-3,6,18H2,(H2,19,21,22). The molecule has 0 fully saturated rings. The lowest BCUT2D eigenvalue weighted by atomic mass is 10.3. The summed E-state index contributed by atoms with van der Waals surface area (Å²) in [7, 11) is 0. The van der Waals surface area contributed by atoms with Crippen LogP contribution in [-0.4, -0.2) is 32.9 Å². The van der Waals surface area contributed by atoms with Gasteiger partial charge in [0, 0.05) is 15.0 Å². The van der Waals surface area contributed by atoms with Gasteiger partial charge < -0.3 is 25.5 Å². The van der Waals surface area contributed by atoms with Crippen molar-refractivity contribution in [1.29, 1.82) is 0 Å². The van der Waals surface area contributed by atoms with Crippen molar-refractivity contribution >= 4 is 51.3 Å². The molecule has 0 bridgehead atoms. The molecule has 0 amide bonds. The molecule has 0 unspecified atom stereocenters. The van der Waals surface area contributed by atoms with E-state index in [0.29, 0.717) is 47.3 Å². The Kier molecular flexibility index (Phi) is 4.75. The molecule has 8 nitrogen and oxygen atoms in total. The van der Waals surface area contributed by atoms with Gasteiger partial charge in [-0.05, 0) is 47.7 Å². The number of nitrogens with zero attached hydrogens (tertiary/aromatic N) is 4. The monoisotopic (exact) mass is 488 g/mol. The number of benzene rings is 1. The normalized spacial score (nSPS) is 12.9. The highest BCUT2D eigenvalue weighted by Gasteiger charge is 2.21. The second kappa shape index (κ2) is 7.04. The van der Waals surface area contributed by atoms with Crippen molar-refractivity contribution in [2.75, 3.05) is 19.1 Å². The Morgan fingerprint density at radius 2 is 2.00 bits per heavy atom. The van der Waals surface area contributed by atoms with Crippen molar-refractivity contribution in [3.05, 3.63) is 21.8 Å². The zero-order valence-electron chi connectivity index (χ0n) is 13.4. The maximum Gasteiger partial charge on any atom is 0.312 e. The van der Waals surface area contributed by atoms with Crippen molar-refractivity contribution in [2.45, 2.75) is 23.0 Å². The van der Waals surface area contributed by atoms with Gasteiger partial charge in [0.05, 0.1) is 0 Å². The number of nitrogens with two attached hydrogens (primary N) is 2. The molecule has 0 saturated carbocycles. The molecule has 0 aliphatic carbocycles. The molecular weight excluding hydrogens is 474 g/mol. The van der Waals surface area contributed by atoms with Crippen molar-refractivity contribution in [2.24, 2.45) is 5.73 Å². The Morgan fingerprint density at radius 3 is 2.77 bits per heavy atom. The molecule has 0 atom stereocenters. The van der Waals surface area contributed by atoms with E-state index in [4.69, 9.17) is 20.9 Å². The van der Waals surface area contributed by atoms with Gasteiger partial charge in [-0.25, -0.2) is 4.98 Å². The van der Waals surface area contributed by atoms with Gasteiger partial charge in [0.1, 0.15) is 0 Å². The highest BCUT2D eigenvalue weighted by molar-refractivity contribution is 14.1. The summed E-state index contributed by atoms with van der Waals surface area (Å²) in [6.45, 7) is 1.25. The maximum atomic E-state index is 13.6. The predicted octanol–water partition coefficient (Wildman–Crippen LogP) is 2.38. The van der Waals surface area contributed by atoms with Crippen LogP contribution < -0.4 is 20.9 Å². The smallest absolute Gasteiger partial charge is 0.312 e. The lowest BCUT2D eigenvalue weighted by molar-refractivity contribution is 0.174. The van der Waals surface area contributed by atoms with Gasteiger partial charge in [0.15, 0.2) is 33.6 Å². The number of anilines is 1. The fourth-order valence-electron chi connectivity index (χ4n) is 2.58. The Bertz CT molecular complexity index is 998. The number of rotatable bonds is 5. The maximum absolute atomic E-state index is 13.6. The average Bonchev–Trinajstić information content (AvgIpc) is 3.18. The van der Waals surface area contributed by atoms with Crippen LogP contribution in [0, 0.1) is 9.65 Å². The van der Waals surface area contributed by atoms with Crippen LogP contribution in [0.2, 0.25) is 0 Å². The summed E-state index contributed by atoms with van der Waals surface area (Å²) >= 11 is 3.65. The van der Waals surface area contributed by atoms with Crippen LogP contribution in [0.15, 0.2) is 22.2 Å². The van der Waals surface area contributed by atoms with Gasteiger partial charge >= 0.3 is 6.08 Å². The molecule has 3 aromatic rings. The second-order valence-electron chi connectivity index (χ2n) is 5.48. The lowest BCUT2D eigenvalue weighted by Crippen LogP contribution is -2.08. The van der Waals surface area contributed by atoms with Crippen LogP contribution in [0.3, 0.4) is 0 Å². The molecule has 26 heavy (non-hydrogen) atoms. The molecular formula is C15H14FIN6O2S. The summed E-state index contributed by atoms with van der Waals surface area (Å²) < 4.78 is 27.3. The average molecular weight is 488 g/mol. The third kappa shape index (κ3) is 3.14. The molecule has 1 aliphatic heterocycles. The fraction of sp³-hybridized carbons (Fsp3) is 0.267. The zero-order valence-corrected chi connectivity index (χ0v) is 16.4. The van der Waals surface area contributed by atoms with Gasteiger partial charge in [-0.3, -0.25) is 0 Å². The second-order valence-corrected chi connectivity index (χ2v) is 7.65. The van der Waals surface area contributed by atoms with E-state index in [1.807, 2.05) is 16.7 Å². The predicted molar refractivity (Wildman–Crippen MR) is 103 cm³/mol. The minimum Gasteiger partial charge on any atom is -0.454 e. The van der Waals surface area contributed by atoms with Crippen LogP contribution in [0.5, 0.6) is 11.5 Å². The highest BCUT2D eigenvalue weighted by Crippen LogP contribution is 2.41. The number of imidazole rings is 1. The molecule has 1 aromatic carbocycles. The first-order valence-corrected chi connectivity index (χ1v) is 9.62. The van der Waals surface area contributed by atoms with E-state index in [0.717, 1.165) is 8.47 Å². The number of hydrogen-bond donors (Lipinski definition) is 2. The van der Waals surface area contributed by atoms with E-state index >= 15 is 0 Å². The quantitative estimate of drug-likeness (QED) is 0.416. The molecule has 2 aromatic heterocycles. The van der Waals surface area contributed by atoms with Crippen LogP contribution in [0.1, 0.15) is 6.42 Å². The molecule has 0 saturated heterocycles. The number of hydrogen-bond acceptors (Lipinski definition) is 8. The Hall–Kier alpha value is -1.86. The minimum absolute atomic E-state index is 0.0150. The van der Waals surface area contributed by atoms with E-state index in [9.17, 15) is 4.39 Å². The van der Waals surface area contributed by atoms with Crippen molar-refractivity contribution in [3.63, 3.8) is 0 Å². The molecule has 3 heterocycles. The topological polar surface area (TPSA) is 114 Å². The molecule has 0 spiro atoms. The number of halogens is 2. The summed E-state index contributed by atoms with van der Waals surface area (Å²) in [6.07, 6.45) is -0.180. The SMILES string of the molecule is NCCCn1c(Sc2cc3c(cc2I)OCO3)nc2c(N)nc(F)nc21. The summed E-state index contributed by atoms with van der Waals surface area (Å²) in [6, 6.07) is 3.81. The van der Waals surface area contributed by atoms with Gasteiger partial charge in [0.2, 0.25) is 6.79 Å². The minimum atomic E-state index is -0.877. The van der Waals surface area contributed by atoms with Crippen molar-refractivity contribution in [1.82, 2.24) is 19.5 Å². The fourth-order valence-corrected chi connectivity index (χ4v) is 4.29. The van der Waals surface area contributed by atoms with Crippen LogP contribution in [-0.2, 0) is 6.54 Å². The van der Waals surface area contributed by atoms with Gasteiger partial charge in [-0.15, -0.1) is 0 Å². The third-order valence-electron chi connectivity index (χ3n) is 3.77. The molecule has 4 rings (SSSR count). The van der Waals surface area contributed by atoms with Crippen LogP contribution in [0.4, 0.5) is 10.2 Å². The number of aromatic nitrogens is 4. The summed E-state index contributed by atoms with van der Waals surface area (Å²) in [4.78, 5) is 12.9. The lowest BCUT2D eigenvalue weighted by Gasteiger charge is -2.09. The number of fused-ring (bicyclic) bond motifs is 2. The highest BCUT2D eigenvalue weighted by atomic mass is 127. The first-order chi connectivity index (χ1) is 12.6. The summed E-state index contributed by atoms with van der Waals surface area (Å²) in [5.41, 5.74) is 12.2. The summed E-state index contributed by atoms with van der Waals surface area (Å²) in [5.74, 6) is 1.41. The molecule has 4 N–H and O–H groups in total. The van der Waals surface area contributed by atoms with Gasteiger partial charge in [-0.2, -0.15) is 14.4 Å². The Balaban J connectivity index is 1.79. The van der Waals surface area contributed by atoms with Crippen molar-refractivity contribution < 1.29 is 13.9 Å². The van der Waals surface area contributed by atoms with E-state index < -0.39 is 6.08 Å². The Labute approximate surface area is 165 Å². The number of aryl methyl sites for hydroxylation is 1. The van der Waals surface area contributed by atoms with Crippen molar-refractivity contribution in [3.8, 4) is 11.5 Å². The molecule has 0 radical (unpaired) electrons. The molecule has 11 heteroatoms. The van der Waals surface area contributed by atoms with E-state index in [1.165, 1.54) is 11.8 Å². The van der Waals surface area contributed by atoms with Gasteiger partial charge in [-0.1, -0.05) is 11.8 Å². The largest absolute Gasteiger partial charge is 0.454 e. The van der Waals surface area contributed by atoms with E-state index in [2.05, 4.69) is 37.5 Å². The van der Waals surface area contributed by atoms with Crippen LogP contribution >= 0.6 is 34.4 Å².